The van der Waals surface area contributed by atoms with E-state index in [0.29, 0.717) is 18.0 Å². The fourth-order valence-electron chi connectivity index (χ4n) is 4.05. The molecular formula is C23H30F2N2O. The number of likely N-dealkylation sites (tertiary alicyclic amines) is 1. The Morgan fingerprint density at radius 3 is 2.68 bits per heavy atom. The van der Waals surface area contributed by atoms with Crippen LogP contribution in [0.2, 0.25) is 0 Å². The molecule has 0 aliphatic carbocycles. The van der Waals surface area contributed by atoms with Crippen molar-refractivity contribution in [1.82, 2.24) is 9.80 Å². The van der Waals surface area contributed by atoms with Crippen LogP contribution in [0.3, 0.4) is 0 Å². The Morgan fingerprint density at radius 2 is 1.93 bits per heavy atom. The van der Waals surface area contributed by atoms with E-state index in [1.165, 1.54) is 24.5 Å². The van der Waals surface area contributed by atoms with Gasteiger partial charge in [0.15, 0.2) is 11.6 Å². The van der Waals surface area contributed by atoms with Gasteiger partial charge in [-0.2, -0.15) is 0 Å². The van der Waals surface area contributed by atoms with Gasteiger partial charge in [0, 0.05) is 31.7 Å². The molecule has 2 aromatic carbocycles. The van der Waals surface area contributed by atoms with Crippen molar-refractivity contribution in [3.63, 3.8) is 0 Å². The highest BCUT2D eigenvalue weighted by Gasteiger charge is 2.21. The van der Waals surface area contributed by atoms with E-state index < -0.39 is 11.6 Å². The maximum atomic E-state index is 13.9. The van der Waals surface area contributed by atoms with Gasteiger partial charge < -0.3 is 14.5 Å². The van der Waals surface area contributed by atoms with Crippen LogP contribution in [0, 0.1) is 17.6 Å². The van der Waals surface area contributed by atoms with Gasteiger partial charge in [-0.15, -0.1) is 0 Å². The molecule has 3 nitrogen and oxygen atoms in total. The SMILES string of the molecule is COc1ccc(CCN2CCC[C@H](CN(C)Cc3cccc(F)c3F)C2)cc1. The first-order chi connectivity index (χ1) is 13.5. The van der Waals surface area contributed by atoms with E-state index in [2.05, 4.69) is 21.9 Å². The molecule has 0 N–H and O–H groups in total. The summed E-state index contributed by atoms with van der Waals surface area (Å²) in [5, 5.41) is 0. The molecule has 1 atom stereocenters. The number of rotatable bonds is 8. The number of benzene rings is 2. The molecule has 2 aromatic rings. The number of halogens is 2. The molecule has 3 rings (SSSR count). The first-order valence-electron chi connectivity index (χ1n) is 10.0. The van der Waals surface area contributed by atoms with Crippen molar-refractivity contribution in [3.05, 3.63) is 65.2 Å². The number of hydrogen-bond acceptors (Lipinski definition) is 3. The molecule has 1 heterocycles. The van der Waals surface area contributed by atoms with Crippen molar-refractivity contribution in [2.24, 2.45) is 5.92 Å². The predicted octanol–water partition coefficient (Wildman–Crippen LogP) is 4.36. The van der Waals surface area contributed by atoms with Crippen molar-refractivity contribution in [2.45, 2.75) is 25.8 Å². The van der Waals surface area contributed by atoms with Crippen molar-refractivity contribution < 1.29 is 13.5 Å². The lowest BCUT2D eigenvalue weighted by Crippen LogP contribution is -2.40. The van der Waals surface area contributed by atoms with Crippen LogP contribution >= 0.6 is 0 Å². The summed E-state index contributed by atoms with van der Waals surface area (Å²) in [4.78, 5) is 4.63. The Balaban J connectivity index is 1.46. The maximum Gasteiger partial charge on any atom is 0.163 e. The summed E-state index contributed by atoms with van der Waals surface area (Å²) in [5.74, 6) is -0.0434. The summed E-state index contributed by atoms with van der Waals surface area (Å²) in [5.41, 5.74) is 1.75. The number of methoxy groups -OCH3 is 1. The molecule has 0 saturated carbocycles. The van der Waals surface area contributed by atoms with E-state index in [1.54, 1.807) is 19.2 Å². The van der Waals surface area contributed by atoms with E-state index in [1.807, 2.05) is 19.2 Å². The van der Waals surface area contributed by atoms with Crippen LogP contribution in [0.1, 0.15) is 24.0 Å². The molecule has 1 fully saturated rings. The Bertz CT molecular complexity index is 751. The van der Waals surface area contributed by atoms with Gasteiger partial charge in [0.05, 0.1) is 7.11 Å². The lowest BCUT2D eigenvalue weighted by molar-refractivity contribution is 0.142. The molecule has 0 aromatic heterocycles. The van der Waals surface area contributed by atoms with Gasteiger partial charge in [-0.05, 0) is 62.5 Å². The first kappa shape index (κ1) is 20.7. The van der Waals surface area contributed by atoms with Crippen LogP contribution in [-0.4, -0.2) is 50.1 Å². The van der Waals surface area contributed by atoms with E-state index in [4.69, 9.17) is 4.74 Å². The van der Waals surface area contributed by atoms with E-state index in [0.717, 1.165) is 38.3 Å². The molecule has 0 unspecified atom stereocenters. The second-order valence-corrected chi connectivity index (χ2v) is 7.82. The molecule has 1 aliphatic heterocycles. The zero-order valence-corrected chi connectivity index (χ0v) is 16.8. The standard InChI is InChI=1S/C23H30F2N2O/c1-26(17-20-6-3-7-22(24)23(20)25)15-19-5-4-13-27(16-19)14-12-18-8-10-21(28-2)11-9-18/h3,6-11,19H,4-5,12-17H2,1-2H3/t19-/m1/s1. The molecule has 5 heteroatoms. The molecule has 0 spiro atoms. The lowest BCUT2D eigenvalue weighted by atomic mass is 9.97. The zero-order chi connectivity index (χ0) is 19.9. The Morgan fingerprint density at radius 1 is 1.14 bits per heavy atom. The minimum atomic E-state index is -0.770. The van der Waals surface area contributed by atoms with Crippen LogP contribution in [0.15, 0.2) is 42.5 Å². The number of piperidine rings is 1. The van der Waals surface area contributed by atoms with Gasteiger partial charge >= 0.3 is 0 Å². The molecule has 28 heavy (non-hydrogen) atoms. The summed E-state index contributed by atoms with van der Waals surface area (Å²) < 4.78 is 32.5. The van der Waals surface area contributed by atoms with E-state index in [-0.39, 0.29) is 0 Å². The third-order valence-electron chi connectivity index (χ3n) is 5.52. The maximum absolute atomic E-state index is 13.9. The van der Waals surface area contributed by atoms with Gasteiger partial charge in [-0.25, -0.2) is 8.78 Å². The topological polar surface area (TPSA) is 15.7 Å². The Kier molecular flexibility index (Phi) is 7.40. The zero-order valence-electron chi connectivity index (χ0n) is 16.8. The van der Waals surface area contributed by atoms with Gasteiger partial charge in [0.1, 0.15) is 5.75 Å². The molecule has 0 amide bonds. The summed E-state index contributed by atoms with van der Waals surface area (Å²) >= 11 is 0. The third kappa shape index (κ3) is 5.76. The smallest absolute Gasteiger partial charge is 0.163 e. The highest BCUT2D eigenvalue weighted by molar-refractivity contribution is 5.27. The van der Waals surface area contributed by atoms with Gasteiger partial charge in [0.2, 0.25) is 0 Å². The predicted molar refractivity (Wildman–Crippen MR) is 109 cm³/mol. The minimum absolute atomic E-state index is 0.426. The molecule has 1 saturated heterocycles. The second-order valence-electron chi connectivity index (χ2n) is 7.82. The summed E-state index contributed by atoms with van der Waals surface area (Å²) in [6.07, 6.45) is 3.41. The highest BCUT2D eigenvalue weighted by Crippen LogP contribution is 2.20. The quantitative estimate of drug-likeness (QED) is 0.668. The molecular weight excluding hydrogens is 358 g/mol. The summed E-state index contributed by atoms with van der Waals surface area (Å²) in [6, 6.07) is 12.7. The summed E-state index contributed by atoms with van der Waals surface area (Å²) in [6.45, 7) is 4.58. The highest BCUT2D eigenvalue weighted by atomic mass is 19.2. The van der Waals surface area contributed by atoms with Crippen molar-refractivity contribution in [3.8, 4) is 5.75 Å². The third-order valence-corrected chi connectivity index (χ3v) is 5.52. The minimum Gasteiger partial charge on any atom is -0.497 e. The van der Waals surface area contributed by atoms with Crippen molar-refractivity contribution in [2.75, 3.05) is 40.3 Å². The Labute approximate surface area is 166 Å². The molecule has 1 aliphatic rings. The van der Waals surface area contributed by atoms with Gasteiger partial charge in [-0.1, -0.05) is 24.3 Å². The molecule has 152 valence electrons. The van der Waals surface area contributed by atoms with Crippen LogP contribution in [0.4, 0.5) is 8.78 Å². The first-order valence-corrected chi connectivity index (χ1v) is 10.0. The number of ether oxygens (including phenoxy) is 1. The van der Waals surface area contributed by atoms with Gasteiger partial charge in [-0.3, -0.25) is 0 Å². The Hall–Kier alpha value is -1.98. The number of nitrogens with zero attached hydrogens (tertiary/aromatic N) is 2. The van der Waals surface area contributed by atoms with Crippen LogP contribution in [0.5, 0.6) is 5.75 Å². The van der Waals surface area contributed by atoms with Crippen LogP contribution in [0.25, 0.3) is 0 Å². The average Bonchev–Trinajstić information content (AvgIpc) is 2.70. The summed E-state index contributed by atoms with van der Waals surface area (Å²) in [7, 11) is 3.67. The largest absolute Gasteiger partial charge is 0.497 e. The fourth-order valence-corrected chi connectivity index (χ4v) is 4.05. The fraction of sp³-hybridized carbons (Fsp3) is 0.478. The number of hydrogen-bond donors (Lipinski definition) is 0. The van der Waals surface area contributed by atoms with Crippen molar-refractivity contribution in [1.29, 1.82) is 0 Å². The lowest BCUT2D eigenvalue weighted by Gasteiger charge is -2.34. The van der Waals surface area contributed by atoms with Crippen LogP contribution < -0.4 is 4.74 Å². The normalized spacial score (nSPS) is 17.8. The monoisotopic (exact) mass is 388 g/mol. The molecule has 0 radical (unpaired) electrons. The van der Waals surface area contributed by atoms with Crippen LogP contribution in [-0.2, 0) is 13.0 Å². The molecule has 0 bridgehead atoms. The average molecular weight is 389 g/mol. The second kappa shape index (κ2) is 9.99. The van der Waals surface area contributed by atoms with Crippen molar-refractivity contribution >= 4 is 0 Å². The van der Waals surface area contributed by atoms with E-state index >= 15 is 0 Å². The van der Waals surface area contributed by atoms with E-state index in [9.17, 15) is 8.78 Å². The van der Waals surface area contributed by atoms with Gasteiger partial charge in [0.25, 0.3) is 0 Å².